The lowest BCUT2D eigenvalue weighted by atomic mass is 9.68. The van der Waals surface area contributed by atoms with Gasteiger partial charge in [-0.05, 0) is 71.5 Å². The first-order valence-corrected chi connectivity index (χ1v) is 8.37. The summed E-state index contributed by atoms with van der Waals surface area (Å²) in [7, 11) is 1.89. The van der Waals surface area contributed by atoms with Crippen LogP contribution in [0.15, 0.2) is 0 Å². The standard InChI is InChI=1S/C17H31N3/c1-15(13-16(2,14-18)19-3)20-11-9-17(10-12-20)7-5-4-6-8-17/h15,19H,4-13H2,1-3H3. The Balaban J connectivity index is 1.85. The summed E-state index contributed by atoms with van der Waals surface area (Å²) >= 11 is 0. The lowest BCUT2D eigenvalue weighted by Gasteiger charge is -2.46. The lowest BCUT2D eigenvalue weighted by Crippen LogP contribution is -2.49. The van der Waals surface area contributed by atoms with Gasteiger partial charge in [-0.15, -0.1) is 0 Å². The Morgan fingerprint density at radius 2 is 1.80 bits per heavy atom. The maximum absolute atomic E-state index is 9.30. The molecule has 2 atom stereocenters. The van der Waals surface area contributed by atoms with Crippen LogP contribution < -0.4 is 5.32 Å². The summed E-state index contributed by atoms with van der Waals surface area (Å²) in [6, 6.07) is 2.91. The van der Waals surface area contributed by atoms with Gasteiger partial charge in [-0.25, -0.2) is 0 Å². The first kappa shape index (κ1) is 15.8. The molecule has 1 saturated heterocycles. The van der Waals surface area contributed by atoms with Crippen LogP contribution in [-0.4, -0.2) is 36.6 Å². The number of nitriles is 1. The van der Waals surface area contributed by atoms with Gasteiger partial charge in [-0.2, -0.15) is 5.26 Å². The molecule has 1 N–H and O–H groups in total. The molecule has 1 aliphatic carbocycles. The maximum Gasteiger partial charge on any atom is 0.105 e. The van der Waals surface area contributed by atoms with Crippen LogP contribution in [0.1, 0.15) is 65.2 Å². The van der Waals surface area contributed by atoms with Crippen molar-refractivity contribution in [2.24, 2.45) is 5.41 Å². The molecule has 0 bridgehead atoms. The molecule has 1 aliphatic heterocycles. The van der Waals surface area contributed by atoms with E-state index in [4.69, 9.17) is 0 Å². The molecule has 1 saturated carbocycles. The maximum atomic E-state index is 9.30. The second-order valence-corrected chi connectivity index (χ2v) is 7.34. The average Bonchev–Trinajstić information content (AvgIpc) is 2.48. The van der Waals surface area contributed by atoms with Crippen LogP contribution in [0.25, 0.3) is 0 Å². The first-order valence-electron chi connectivity index (χ1n) is 8.37. The highest BCUT2D eigenvalue weighted by molar-refractivity contribution is 5.05. The minimum absolute atomic E-state index is 0.389. The van der Waals surface area contributed by atoms with Gasteiger partial charge in [-0.1, -0.05) is 19.3 Å². The fourth-order valence-corrected chi connectivity index (χ4v) is 4.16. The molecule has 2 aliphatic rings. The summed E-state index contributed by atoms with van der Waals surface area (Å²) in [5, 5.41) is 12.5. The second-order valence-electron chi connectivity index (χ2n) is 7.34. The topological polar surface area (TPSA) is 39.1 Å². The fraction of sp³-hybridized carbons (Fsp3) is 0.941. The Hall–Kier alpha value is -0.590. The normalized spacial score (nSPS) is 27.7. The minimum atomic E-state index is -0.389. The third-order valence-corrected chi connectivity index (χ3v) is 5.90. The number of nitrogens with one attached hydrogen (secondary N) is 1. The largest absolute Gasteiger partial charge is 0.303 e. The van der Waals surface area contributed by atoms with Crippen molar-refractivity contribution in [3.63, 3.8) is 0 Å². The number of nitrogens with zero attached hydrogens (tertiary/aromatic N) is 2. The predicted molar refractivity (Wildman–Crippen MR) is 83.5 cm³/mol. The molecule has 2 rings (SSSR count). The molecule has 114 valence electrons. The monoisotopic (exact) mass is 277 g/mol. The molecule has 3 heteroatoms. The first-order chi connectivity index (χ1) is 9.52. The van der Waals surface area contributed by atoms with Crippen LogP contribution in [0, 0.1) is 16.7 Å². The number of rotatable bonds is 4. The summed E-state index contributed by atoms with van der Waals surface area (Å²) in [5.41, 5.74) is 0.287. The Morgan fingerprint density at radius 3 is 2.30 bits per heavy atom. The van der Waals surface area contributed by atoms with Gasteiger partial charge in [0, 0.05) is 6.04 Å². The van der Waals surface area contributed by atoms with Crippen molar-refractivity contribution >= 4 is 0 Å². The van der Waals surface area contributed by atoms with Gasteiger partial charge in [0.15, 0.2) is 0 Å². The van der Waals surface area contributed by atoms with E-state index in [1.165, 1.54) is 58.0 Å². The zero-order valence-corrected chi connectivity index (χ0v) is 13.5. The average molecular weight is 277 g/mol. The van der Waals surface area contributed by atoms with Crippen molar-refractivity contribution in [1.29, 1.82) is 5.26 Å². The van der Waals surface area contributed by atoms with E-state index in [-0.39, 0.29) is 5.54 Å². The van der Waals surface area contributed by atoms with E-state index in [1.54, 1.807) is 0 Å². The number of piperidine rings is 1. The zero-order chi connectivity index (χ0) is 14.6. The van der Waals surface area contributed by atoms with Crippen molar-refractivity contribution in [3.05, 3.63) is 0 Å². The van der Waals surface area contributed by atoms with Crippen molar-refractivity contribution < 1.29 is 0 Å². The summed E-state index contributed by atoms with van der Waals surface area (Å²) in [5.74, 6) is 0. The van der Waals surface area contributed by atoms with Gasteiger partial charge in [0.05, 0.1) is 6.07 Å². The number of hydrogen-bond donors (Lipinski definition) is 1. The molecule has 0 amide bonds. The van der Waals surface area contributed by atoms with Gasteiger partial charge in [-0.3, -0.25) is 0 Å². The zero-order valence-electron chi connectivity index (χ0n) is 13.5. The second kappa shape index (κ2) is 6.45. The van der Waals surface area contributed by atoms with E-state index >= 15 is 0 Å². The molecule has 0 aromatic heterocycles. The molecule has 2 fully saturated rings. The summed E-state index contributed by atoms with van der Waals surface area (Å²) in [6.45, 7) is 6.75. The molecule has 1 spiro atoms. The quantitative estimate of drug-likeness (QED) is 0.857. The summed E-state index contributed by atoms with van der Waals surface area (Å²) in [4.78, 5) is 2.60. The van der Waals surface area contributed by atoms with Crippen molar-refractivity contribution in [2.75, 3.05) is 20.1 Å². The SMILES string of the molecule is CNC(C)(C#N)CC(C)N1CCC2(CCCCC2)CC1. The Bertz CT molecular complexity index is 344. The van der Waals surface area contributed by atoms with Crippen LogP contribution in [0.2, 0.25) is 0 Å². The summed E-state index contributed by atoms with van der Waals surface area (Å²) in [6.07, 6.45) is 10.9. The van der Waals surface area contributed by atoms with Crippen LogP contribution in [-0.2, 0) is 0 Å². The van der Waals surface area contributed by atoms with E-state index in [9.17, 15) is 5.26 Å². The van der Waals surface area contributed by atoms with Crippen molar-refractivity contribution in [3.8, 4) is 6.07 Å². The van der Waals surface area contributed by atoms with Crippen LogP contribution in [0.4, 0.5) is 0 Å². The Kier molecular flexibility index (Phi) is 5.09. The van der Waals surface area contributed by atoms with E-state index in [1.807, 2.05) is 14.0 Å². The molecule has 1 heterocycles. The number of likely N-dealkylation sites (tertiary alicyclic amines) is 1. The molecule has 0 aromatic carbocycles. The highest BCUT2D eigenvalue weighted by Gasteiger charge is 2.37. The van der Waals surface area contributed by atoms with Crippen molar-refractivity contribution in [1.82, 2.24) is 10.2 Å². The minimum Gasteiger partial charge on any atom is -0.303 e. The van der Waals surface area contributed by atoms with E-state index < -0.39 is 0 Å². The van der Waals surface area contributed by atoms with Crippen LogP contribution in [0.5, 0.6) is 0 Å². The molecule has 20 heavy (non-hydrogen) atoms. The molecule has 0 radical (unpaired) electrons. The van der Waals surface area contributed by atoms with Gasteiger partial charge in [0.2, 0.25) is 0 Å². The molecule has 3 nitrogen and oxygen atoms in total. The molecule has 2 unspecified atom stereocenters. The van der Waals surface area contributed by atoms with E-state index in [0.717, 1.165) is 6.42 Å². The van der Waals surface area contributed by atoms with Gasteiger partial charge in [0.1, 0.15) is 5.54 Å². The smallest absolute Gasteiger partial charge is 0.105 e. The highest BCUT2D eigenvalue weighted by atomic mass is 15.2. The van der Waals surface area contributed by atoms with Gasteiger partial charge >= 0.3 is 0 Å². The van der Waals surface area contributed by atoms with Crippen LogP contribution in [0.3, 0.4) is 0 Å². The molecular formula is C17H31N3. The third kappa shape index (κ3) is 3.54. The van der Waals surface area contributed by atoms with E-state index in [0.29, 0.717) is 11.5 Å². The Morgan fingerprint density at radius 1 is 1.20 bits per heavy atom. The van der Waals surface area contributed by atoms with Gasteiger partial charge < -0.3 is 10.2 Å². The molecule has 0 aromatic rings. The highest BCUT2D eigenvalue weighted by Crippen LogP contribution is 2.44. The molecular weight excluding hydrogens is 246 g/mol. The van der Waals surface area contributed by atoms with E-state index in [2.05, 4.69) is 23.2 Å². The van der Waals surface area contributed by atoms with Gasteiger partial charge in [0.25, 0.3) is 0 Å². The predicted octanol–water partition coefficient (Wildman–Crippen LogP) is 3.31. The fourth-order valence-electron chi connectivity index (χ4n) is 4.16. The number of hydrogen-bond acceptors (Lipinski definition) is 3. The van der Waals surface area contributed by atoms with Crippen molar-refractivity contribution in [2.45, 2.75) is 76.8 Å². The lowest BCUT2D eigenvalue weighted by molar-refractivity contribution is 0.0431. The van der Waals surface area contributed by atoms with Crippen LogP contribution >= 0.6 is 0 Å². The Labute approximate surface area is 124 Å². The third-order valence-electron chi connectivity index (χ3n) is 5.90. The summed E-state index contributed by atoms with van der Waals surface area (Å²) < 4.78 is 0.